The Kier molecular flexibility index (Phi) is 3.74. The number of hydrogen-bond donors (Lipinski definition) is 1. The van der Waals surface area contributed by atoms with E-state index in [1.807, 2.05) is 0 Å². The number of ether oxygens (including phenoxy) is 1. The van der Waals surface area contributed by atoms with E-state index < -0.39 is 10.9 Å². The van der Waals surface area contributed by atoms with E-state index in [2.05, 4.69) is 4.74 Å². The van der Waals surface area contributed by atoms with Crippen molar-refractivity contribution in [3.05, 3.63) is 38.9 Å². The molecule has 1 aromatic rings. The van der Waals surface area contributed by atoms with Crippen molar-refractivity contribution in [3.63, 3.8) is 0 Å². The standard InChI is InChI=1S/C10H9N3O4/c1-17-10(14)8-3-7(13(15)16)2-6(4-11)9(8)5-12/h2-3H,4,11H2,1H3. The minimum atomic E-state index is -0.806. The van der Waals surface area contributed by atoms with Gasteiger partial charge in [0.05, 0.1) is 23.2 Å². The molecule has 17 heavy (non-hydrogen) atoms. The Morgan fingerprint density at radius 3 is 2.71 bits per heavy atom. The number of esters is 1. The first-order valence-electron chi connectivity index (χ1n) is 4.55. The SMILES string of the molecule is COC(=O)c1cc([N+](=O)[O-])cc(CN)c1C#N. The number of rotatable bonds is 3. The second kappa shape index (κ2) is 5.05. The van der Waals surface area contributed by atoms with Gasteiger partial charge < -0.3 is 10.5 Å². The number of methoxy groups -OCH3 is 1. The summed E-state index contributed by atoms with van der Waals surface area (Å²) in [6.07, 6.45) is 0. The minimum Gasteiger partial charge on any atom is -0.465 e. The van der Waals surface area contributed by atoms with Crippen LogP contribution in [0.5, 0.6) is 0 Å². The van der Waals surface area contributed by atoms with Crippen molar-refractivity contribution in [1.82, 2.24) is 0 Å². The van der Waals surface area contributed by atoms with Gasteiger partial charge in [0.1, 0.15) is 6.07 Å². The van der Waals surface area contributed by atoms with E-state index >= 15 is 0 Å². The number of nitriles is 1. The molecule has 7 nitrogen and oxygen atoms in total. The Morgan fingerprint density at radius 2 is 2.29 bits per heavy atom. The van der Waals surface area contributed by atoms with Crippen LogP contribution in [0.3, 0.4) is 0 Å². The molecule has 0 atom stereocenters. The average Bonchev–Trinajstić information content (AvgIpc) is 2.35. The van der Waals surface area contributed by atoms with Crippen LogP contribution in [0.25, 0.3) is 0 Å². The minimum absolute atomic E-state index is 0.00458. The molecule has 0 amide bonds. The highest BCUT2D eigenvalue weighted by atomic mass is 16.6. The number of carbonyl (C=O) groups excluding carboxylic acids is 1. The summed E-state index contributed by atoms with van der Waals surface area (Å²) in [5, 5.41) is 19.6. The van der Waals surface area contributed by atoms with Crippen molar-refractivity contribution in [3.8, 4) is 6.07 Å². The highest BCUT2D eigenvalue weighted by molar-refractivity contribution is 5.93. The summed E-state index contributed by atoms with van der Waals surface area (Å²) in [6.45, 7) is -0.0748. The molecule has 0 aliphatic rings. The smallest absolute Gasteiger partial charge is 0.339 e. The molecule has 88 valence electrons. The summed E-state index contributed by atoms with van der Waals surface area (Å²) in [5.41, 5.74) is 5.17. The fourth-order valence-electron chi connectivity index (χ4n) is 1.35. The van der Waals surface area contributed by atoms with Gasteiger partial charge in [0.2, 0.25) is 0 Å². The van der Waals surface area contributed by atoms with Crippen molar-refractivity contribution in [2.24, 2.45) is 5.73 Å². The molecular weight excluding hydrogens is 226 g/mol. The zero-order valence-electron chi connectivity index (χ0n) is 8.97. The molecule has 0 aliphatic carbocycles. The predicted octanol–water partition coefficient (Wildman–Crippen LogP) is 0.712. The maximum atomic E-state index is 11.4. The fraction of sp³-hybridized carbons (Fsp3) is 0.200. The third kappa shape index (κ3) is 2.38. The molecule has 0 saturated carbocycles. The number of carbonyl (C=O) groups is 1. The van der Waals surface area contributed by atoms with Crippen LogP contribution in [-0.2, 0) is 11.3 Å². The molecule has 0 aliphatic heterocycles. The Bertz CT molecular complexity index is 519. The molecule has 0 heterocycles. The van der Waals surface area contributed by atoms with Crippen LogP contribution in [-0.4, -0.2) is 18.0 Å². The number of nitro groups is 1. The van der Waals surface area contributed by atoms with Crippen LogP contribution < -0.4 is 5.73 Å². The number of nitrogens with two attached hydrogens (primary N) is 1. The zero-order valence-corrected chi connectivity index (χ0v) is 8.97. The molecule has 0 unspecified atom stereocenters. The summed E-state index contributed by atoms with van der Waals surface area (Å²) >= 11 is 0. The lowest BCUT2D eigenvalue weighted by molar-refractivity contribution is -0.385. The van der Waals surface area contributed by atoms with Crippen molar-refractivity contribution in [2.45, 2.75) is 6.54 Å². The summed E-state index contributed by atoms with van der Waals surface area (Å²) in [7, 11) is 1.13. The van der Waals surface area contributed by atoms with Crippen LogP contribution >= 0.6 is 0 Å². The van der Waals surface area contributed by atoms with Crippen molar-refractivity contribution >= 4 is 11.7 Å². The number of benzene rings is 1. The van der Waals surface area contributed by atoms with E-state index in [-0.39, 0.29) is 28.9 Å². The Morgan fingerprint density at radius 1 is 1.65 bits per heavy atom. The zero-order chi connectivity index (χ0) is 13.0. The molecular formula is C10H9N3O4. The Labute approximate surface area is 96.6 Å². The molecule has 2 N–H and O–H groups in total. The summed E-state index contributed by atoms with van der Waals surface area (Å²) in [4.78, 5) is 21.4. The lowest BCUT2D eigenvalue weighted by Crippen LogP contribution is -2.10. The quantitative estimate of drug-likeness (QED) is 0.468. The molecule has 0 fully saturated rings. The van der Waals surface area contributed by atoms with E-state index in [0.29, 0.717) is 0 Å². The van der Waals surface area contributed by atoms with Gasteiger partial charge in [-0.3, -0.25) is 10.1 Å². The number of nitrogens with zero attached hydrogens (tertiary/aromatic N) is 2. The van der Waals surface area contributed by atoms with Gasteiger partial charge in [-0.25, -0.2) is 4.79 Å². The fourth-order valence-corrected chi connectivity index (χ4v) is 1.35. The van der Waals surface area contributed by atoms with Gasteiger partial charge >= 0.3 is 5.97 Å². The lowest BCUT2D eigenvalue weighted by atomic mass is 10.0. The van der Waals surface area contributed by atoms with Crippen LogP contribution in [0, 0.1) is 21.4 Å². The second-order valence-corrected chi connectivity index (χ2v) is 3.09. The molecule has 0 radical (unpaired) electrons. The molecule has 0 spiro atoms. The highest BCUT2D eigenvalue weighted by Crippen LogP contribution is 2.22. The van der Waals surface area contributed by atoms with Crippen molar-refractivity contribution in [2.75, 3.05) is 7.11 Å². The summed E-state index contributed by atoms with van der Waals surface area (Å²) in [5.74, 6) is -0.806. The first kappa shape index (κ1) is 12.6. The third-order valence-electron chi connectivity index (χ3n) is 2.15. The van der Waals surface area contributed by atoms with Crippen LogP contribution in [0.2, 0.25) is 0 Å². The second-order valence-electron chi connectivity index (χ2n) is 3.09. The summed E-state index contributed by atoms with van der Waals surface area (Å²) < 4.78 is 4.46. The largest absolute Gasteiger partial charge is 0.465 e. The maximum Gasteiger partial charge on any atom is 0.339 e. The number of hydrogen-bond acceptors (Lipinski definition) is 6. The topological polar surface area (TPSA) is 119 Å². The Hall–Kier alpha value is -2.46. The van der Waals surface area contributed by atoms with Gasteiger partial charge in [0.15, 0.2) is 0 Å². The van der Waals surface area contributed by atoms with E-state index in [1.165, 1.54) is 6.07 Å². The first-order chi connectivity index (χ1) is 8.04. The third-order valence-corrected chi connectivity index (χ3v) is 2.15. The van der Waals surface area contributed by atoms with Crippen molar-refractivity contribution < 1.29 is 14.5 Å². The molecule has 1 aromatic carbocycles. The molecule has 0 aromatic heterocycles. The van der Waals surface area contributed by atoms with Gasteiger partial charge in [0, 0.05) is 18.7 Å². The maximum absolute atomic E-state index is 11.4. The normalized spacial score (nSPS) is 9.47. The molecule has 1 rings (SSSR count). The highest BCUT2D eigenvalue weighted by Gasteiger charge is 2.20. The van der Waals surface area contributed by atoms with Gasteiger partial charge in [-0.15, -0.1) is 0 Å². The van der Waals surface area contributed by atoms with E-state index in [9.17, 15) is 14.9 Å². The average molecular weight is 235 g/mol. The van der Waals surface area contributed by atoms with Crippen LogP contribution in [0.1, 0.15) is 21.5 Å². The number of non-ortho nitro benzene ring substituents is 1. The number of nitro benzene ring substituents is 1. The van der Waals surface area contributed by atoms with Crippen LogP contribution in [0.4, 0.5) is 5.69 Å². The van der Waals surface area contributed by atoms with Crippen molar-refractivity contribution in [1.29, 1.82) is 5.26 Å². The monoisotopic (exact) mass is 235 g/mol. The first-order valence-corrected chi connectivity index (χ1v) is 4.55. The van der Waals surface area contributed by atoms with Crippen LogP contribution in [0.15, 0.2) is 12.1 Å². The molecule has 0 bridgehead atoms. The van der Waals surface area contributed by atoms with E-state index in [4.69, 9.17) is 11.0 Å². The van der Waals surface area contributed by atoms with Gasteiger partial charge in [0.25, 0.3) is 5.69 Å². The summed E-state index contributed by atoms with van der Waals surface area (Å²) in [6, 6.07) is 3.97. The van der Waals surface area contributed by atoms with Gasteiger partial charge in [-0.05, 0) is 5.56 Å². The van der Waals surface area contributed by atoms with Gasteiger partial charge in [-0.2, -0.15) is 5.26 Å². The predicted molar refractivity (Wildman–Crippen MR) is 57.0 cm³/mol. The van der Waals surface area contributed by atoms with E-state index in [0.717, 1.165) is 13.2 Å². The lowest BCUT2D eigenvalue weighted by Gasteiger charge is -2.06. The van der Waals surface area contributed by atoms with E-state index in [1.54, 1.807) is 6.07 Å². The Balaban J connectivity index is 3.55. The van der Waals surface area contributed by atoms with Gasteiger partial charge in [-0.1, -0.05) is 0 Å². The molecule has 0 saturated heterocycles. The molecule has 7 heteroatoms.